The fourth-order valence-electron chi connectivity index (χ4n) is 5.05. The van der Waals surface area contributed by atoms with Crippen molar-refractivity contribution in [3.05, 3.63) is 90.8 Å². The number of fused-ring (bicyclic) bond motifs is 1. The Morgan fingerprint density at radius 1 is 0.919 bits per heavy atom. The maximum atomic E-state index is 13.6. The van der Waals surface area contributed by atoms with Crippen LogP contribution >= 0.6 is 0 Å². The molecule has 0 saturated carbocycles. The van der Waals surface area contributed by atoms with E-state index in [2.05, 4.69) is 55.2 Å². The highest BCUT2D eigenvalue weighted by Gasteiger charge is 2.17. The second kappa shape index (κ2) is 10.2. The number of aliphatic hydroxyl groups is 1. The molecule has 8 heteroatoms. The number of rotatable bonds is 7. The monoisotopic (exact) mass is 496 g/mol. The lowest BCUT2D eigenvalue weighted by atomic mass is 10.0. The molecule has 1 saturated heterocycles. The molecule has 1 aliphatic heterocycles. The molecule has 0 spiro atoms. The van der Waals surface area contributed by atoms with E-state index in [4.69, 9.17) is 5.11 Å². The fourth-order valence-corrected chi connectivity index (χ4v) is 5.05. The van der Waals surface area contributed by atoms with Crippen LogP contribution in [0.5, 0.6) is 0 Å². The van der Waals surface area contributed by atoms with Crippen molar-refractivity contribution in [2.45, 2.75) is 6.54 Å². The number of H-pyrrole nitrogens is 1. The number of anilines is 1. The minimum absolute atomic E-state index is 0.215. The number of halogens is 1. The Kier molecular flexibility index (Phi) is 6.42. The molecule has 2 aromatic carbocycles. The zero-order chi connectivity index (χ0) is 25.2. The topological polar surface area (TPSA) is 73.2 Å². The number of aliphatic hydroxyl groups excluding tert-OH is 1. The van der Waals surface area contributed by atoms with Crippen molar-refractivity contribution in [1.29, 1.82) is 0 Å². The Bertz CT molecular complexity index is 1500. The van der Waals surface area contributed by atoms with Crippen LogP contribution in [-0.2, 0) is 6.54 Å². The second-order valence-electron chi connectivity index (χ2n) is 9.48. The molecule has 0 atom stereocenters. The largest absolute Gasteiger partial charge is 0.395 e. The van der Waals surface area contributed by atoms with Crippen LogP contribution in [0.3, 0.4) is 0 Å². The standard InChI is InChI=1S/C29H29FN6O/c30-25-3-1-2-21(14-25)19-36-20-24(17-33-36)28-18-32-29-27(28)15-23(16-31-29)22-4-6-26(7-5-22)35-10-8-34(9-11-35)12-13-37/h1-7,14-18,20,37H,8-13,19H2,(H,31,32). The predicted molar refractivity (Wildman–Crippen MR) is 144 cm³/mol. The number of hydrogen-bond acceptors (Lipinski definition) is 5. The van der Waals surface area contributed by atoms with Crippen LogP contribution in [0.4, 0.5) is 10.1 Å². The van der Waals surface area contributed by atoms with Crippen molar-refractivity contribution in [3.8, 4) is 22.3 Å². The molecule has 0 bridgehead atoms. The van der Waals surface area contributed by atoms with Crippen molar-refractivity contribution in [3.63, 3.8) is 0 Å². The van der Waals surface area contributed by atoms with Crippen molar-refractivity contribution >= 4 is 16.7 Å². The first-order valence-electron chi connectivity index (χ1n) is 12.6. The molecular weight excluding hydrogens is 467 g/mol. The molecule has 188 valence electrons. The molecule has 1 fully saturated rings. The Hall–Kier alpha value is -4.01. The van der Waals surface area contributed by atoms with Crippen molar-refractivity contribution in [1.82, 2.24) is 24.6 Å². The summed E-state index contributed by atoms with van der Waals surface area (Å²) in [5, 5.41) is 14.7. The van der Waals surface area contributed by atoms with Crippen LogP contribution in [0.15, 0.2) is 79.4 Å². The van der Waals surface area contributed by atoms with E-state index in [0.717, 1.165) is 71.6 Å². The SMILES string of the molecule is OCCN1CCN(c2ccc(-c3cnc4[nH]cc(-c5cnn(Cc6cccc(F)c6)c5)c4c3)cc2)CC1. The Morgan fingerprint density at radius 2 is 1.76 bits per heavy atom. The number of pyridine rings is 1. The van der Waals surface area contributed by atoms with Gasteiger partial charge in [0.2, 0.25) is 0 Å². The average Bonchev–Trinajstić information content (AvgIpc) is 3.56. The lowest BCUT2D eigenvalue weighted by Gasteiger charge is -2.35. The summed E-state index contributed by atoms with van der Waals surface area (Å²) in [5.74, 6) is -0.242. The number of aromatic amines is 1. The van der Waals surface area contributed by atoms with Crippen LogP contribution < -0.4 is 4.90 Å². The number of nitrogens with one attached hydrogen (secondary N) is 1. The van der Waals surface area contributed by atoms with Gasteiger partial charge in [0.25, 0.3) is 0 Å². The third kappa shape index (κ3) is 4.98. The third-order valence-electron chi connectivity index (χ3n) is 7.06. The molecular formula is C29H29FN6O. The number of β-amino-alcohol motifs (C(OH)–C–C–N with tert-alkyl or cyclic N) is 1. The molecule has 37 heavy (non-hydrogen) atoms. The number of benzene rings is 2. The summed E-state index contributed by atoms with van der Waals surface area (Å²) in [6.45, 7) is 5.34. The molecule has 2 N–H and O–H groups in total. The Balaban J connectivity index is 1.21. The van der Waals surface area contributed by atoms with Gasteiger partial charge in [0.15, 0.2) is 0 Å². The first-order valence-corrected chi connectivity index (χ1v) is 12.6. The van der Waals surface area contributed by atoms with Gasteiger partial charge in [-0.3, -0.25) is 9.58 Å². The molecule has 6 rings (SSSR count). The van der Waals surface area contributed by atoms with Gasteiger partial charge in [-0.05, 0) is 41.5 Å². The normalized spacial score (nSPS) is 14.5. The van der Waals surface area contributed by atoms with Crippen molar-refractivity contribution < 1.29 is 9.50 Å². The van der Waals surface area contributed by atoms with E-state index in [9.17, 15) is 4.39 Å². The van der Waals surface area contributed by atoms with E-state index >= 15 is 0 Å². The molecule has 0 aliphatic carbocycles. The number of nitrogens with zero attached hydrogens (tertiary/aromatic N) is 5. The second-order valence-corrected chi connectivity index (χ2v) is 9.48. The molecule has 0 unspecified atom stereocenters. The van der Waals surface area contributed by atoms with Gasteiger partial charge in [0.05, 0.1) is 19.3 Å². The van der Waals surface area contributed by atoms with E-state index in [1.165, 1.54) is 17.8 Å². The van der Waals surface area contributed by atoms with Crippen LogP contribution in [0, 0.1) is 5.82 Å². The molecule has 5 aromatic rings. The lowest BCUT2D eigenvalue weighted by Crippen LogP contribution is -2.47. The summed E-state index contributed by atoms with van der Waals surface area (Å²) in [6.07, 6.45) is 7.68. The smallest absolute Gasteiger partial charge is 0.137 e. The quantitative estimate of drug-likeness (QED) is 0.350. The molecule has 7 nitrogen and oxygen atoms in total. The highest BCUT2D eigenvalue weighted by atomic mass is 19.1. The molecule has 3 aromatic heterocycles. The van der Waals surface area contributed by atoms with Gasteiger partial charge >= 0.3 is 0 Å². The molecule has 1 aliphatic rings. The van der Waals surface area contributed by atoms with Gasteiger partial charge in [-0.15, -0.1) is 0 Å². The summed E-state index contributed by atoms with van der Waals surface area (Å²) >= 11 is 0. The first kappa shape index (κ1) is 23.4. The van der Waals surface area contributed by atoms with E-state index in [-0.39, 0.29) is 12.4 Å². The number of hydrogen-bond donors (Lipinski definition) is 2. The molecule has 0 radical (unpaired) electrons. The highest BCUT2D eigenvalue weighted by Crippen LogP contribution is 2.31. The zero-order valence-corrected chi connectivity index (χ0v) is 20.5. The summed E-state index contributed by atoms with van der Waals surface area (Å²) in [6, 6.07) is 17.4. The minimum Gasteiger partial charge on any atom is -0.395 e. The van der Waals surface area contributed by atoms with E-state index < -0.39 is 0 Å². The maximum absolute atomic E-state index is 13.6. The van der Waals surface area contributed by atoms with E-state index in [0.29, 0.717) is 6.54 Å². The number of piperazine rings is 1. The van der Waals surface area contributed by atoms with E-state index in [1.54, 1.807) is 6.07 Å². The Labute approximate surface area is 214 Å². The van der Waals surface area contributed by atoms with Gasteiger partial charge in [-0.1, -0.05) is 24.3 Å². The first-order chi connectivity index (χ1) is 18.2. The van der Waals surface area contributed by atoms with Gasteiger partial charge in [-0.2, -0.15) is 5.10 Å². The van der Waals surface area contributed by atoms with Gasteiger partial charge in [0.1, 0.15) is 11.5 Å². The fraction of sp³-hybridized carbons (Fsp3) is 0.241. The third-order valence-corrected chi connectivity index (χ3v) is 7.06. The lowest BCUT2D eigenvalue weighted by molar-refractivity contribution is 0.189. The van der Waals surface area contributed by atoms with Gasteiger partial charge < -0.3 is 15.0 Å². The predicted octanol–water partition coefficient (Wildman–Crippen LogP) is 4.40. The van der Waals surface area contributed by atoms with Crippen LogP contribution in [-0.4, -0.2) is 69.1 Å². The van der Waals surface area contributed by atoms with Crippen LogP contribution in [0.1, 0.15) is 5.56 Å². The highest BCUT2D eigenvalue weighted by molar-refractivity contribution is 5.95. The van der Waals surface area contributed by atoms with Crippen molar-refractivity contribution in [2.75, 3.05) is 44.2 Å². The average molecular weight is 497 g/mol. The van der Waals surface area contributed by atoms with E-state index in [1.807, 2.05) is 35.5 Å². The minimum atomic E-state index is -0.242. The summed E-state index contributed by atoms with van der Waals surface area (Å²) in [7, 11) is 0. The van der Waals surface area contributed by atoms with Crippen LogP contribution in [0.2, 0.25) is 0 Å². The molecule has 0 amide bonds. The zero-order valence-electron chi connectivity index (χ0n) is 20.5. The number of aromatic nitrogens is 4. The van der Waals surface area contributed by atoms with Crippen LogP contribution in [0.25, 0.3) is 33.3 Å². The van der Waals surface area contributed by atoms with Crippen molar-refractivity contribution in [2.24, 2.45) is 0 Å². The van der Waals surface area contributed by atoms with Gasteiger partial charge in [0, 0.05) is 79.1 Å². The Morgan fingerprint density at radius 3 is 2.54 bits per heavy atom. The summed E-state index contributed by atoms with van der Waals surface area (Å²) in [5.41, 5.74) is 7.10. The summed E-state index contributed by atoms with van der Waals surface area (Å²) in [4.78, 5) is 12.6. The molecule has 4 heterocycles. The maximum Gasteiger partial charge on any atom is 0.137 e. The summed E-state index contributed by atoms with van der Waals surface area (Å²) < 4.78 is 15.4. The van der Waals surface area contributed by atoms with Gasteiger partial charge in [-0.25, -0.2) is 9.37 Å².